The molecule has 0 atom stereocenters. The van der Waals surface area contributed by atoms with Crippen molar-refractivity contribution < 1.29 is 0 Å². The molecule has 0 spiro atoms. The van der Waals surface area contributed by atoms with Gasteiger partial charge in [0.1, 0.15) is 0 Å². The molecule has 0 unspecified atom stereocenters. The van der Waals surface area contributed by atoms with Gasteiger partial charge in [0.25, 0.3) is 0 Å². The number of hydrogen-bond acceptors (Lipinski definition) is 3. The summed E-state index contributed by atoms with van der Waals surface area (Å²) in [4.78, 5) is 0. The largest absolute Gasteiger partial charge is 0.329 e. The monoisotopic (exact) mass is 218 g/mol. The molecule has 86 valence electrons. The molecule has 0 aliphatic heterocycles. The summed E-state index contributed by atoms with van der Waals surface area (Å²) in [5.41, 5.74) is 5.99. The third-order valence-electron chi connectivity index (χ3n) is 1.82. The van der Waals surface area contributed by atoms with E-state index >= 15 is 0 Å². The van der Waals surface area contributed by atoms with E-state index in [1.807, 2.05) is 11.9 Å². The predicted octanol–water partition coefficient (Wildman–Crippen LogP) is 2.74. The third kappa shape index (κ3) is 8.85. The standard InChI is InChI=1S/C11H26N2S/c1-5-6-8-13(9-7-12)14-10-11(2,3)4/h5-10,12H2,1-4H3. The van der Waals surface area contributed by atoms with Crippen LogP contribution in [-0.2, 0) is 0 Å². The maximum absolute atomic E-state index is 5.59. The summed E-state index contributed by atoms with van der Waals surface area (Å²) in [6, 6.07) is 0. The smallest absolute Gasteiger partial charge is 0.0212 e. The van der Waals surface area contributed by atoms with Crippen LogP contribution in [-0.4, -0.2) is 29.7 Å². The second-order valence-electron chi connectivity index (χ2n) is 4.91. The van der Waals surface area contributed by atoms with Crippen LogP contribution in [0.2, 0.25) is 0 Å². The minimum atomic E-state index is 0.406. The molecule has 0 rings (SSSR count). The second kappa shape index (κ2) is 7.55. The van der Waals surface area contributed by atoms with Gasteiger partial charge >= 0.3 is 0 Å². The Hall–Kier alpha value is 0.270. The molecular weight excluding hydrogens is 192 g/mol. The topological polar surface area (TPSA) is 29.3 Å². The Bertz CT molecular complexity index is 132. The van der Waals surface area contributed by atoms with Crippen molar-refractivity contribution in [3.63, 3.8) is 0 Å². The van der Waals surface area contributed by atoms with E-state index in [1.54, 1.807) is 0 Å². The van der Waals surface area contributed by atoms with Crippen molar-refractivity contribution in [3.05, 3.63) is 0 Å². The lowest BCUT2D eigenvalue weighted by Crippen LogP contribution is -2.26. The molecule has 0 amide bonds. The molecule has 3 heteroatoms. The first-order chi connectivity index (χ1) is 6.49. The van der Waals surface area contributed by atoms with Gasteiger partial charge in [-0.25, -0.2) is 4.31 Å². The number of rotatable bonds is 7. The molecule has 0 heterocycles. The highest BCUT2D eigenvalue weighted by Gasteiger charge is 2.13. The molecule has 0 aromatic heterocycles. The highest BCUT2D eigenvalue weighted by molar-refractivity contribution is 7.97. The summed E-state index contributed by atoms with van der Waals surface area (Å²) in [6.45, 7) is 12.0. The van der Waals surface area contributed by atoms with Crippen molar-refractivity contribution in [2.24, 2.45) is 11.1 Å². The van der Waals surface area contributed by atoms with Gasteiger partial charge in [-0.3, -0.25) is 0 Å². The molecule has 0 aromatic rings. The zero-order valence-corrected chi connectivity index (χ0v) is 11.0. The molecule has 0 saturated carbocycles. The molecule has 0 aliphatic rings. The molecule has 0 radical (unpaired) electrons. The number of nitrogens with two attached hydrogens (primary N) is 1. The van der Waals surface area contributed by atoms with Crippen LogP contribution in [0.1, 0.15) is 40.5 Å². The highest BCUT2D eigenvalue weighted by atomic mass is 32.2. The fourth-order valence-electron chi connectivity index (χ4n) is 1.00. The van der Waals surface area contributed by atoms with E-state index in [-0.39, 0.29) is 0 Å². The first-order valence-corrected chi connectivity index (χ1v) is 6.52. The van der Waals surface area contributed by atoms with Crippen LogP contribution in [0.3, 0.4) is 0 Å². The Morgan fingerprint density at radius 2 is 1.86 bits per heavy atom. The lowest BCUT2D eigenvalue weighted by molar-refractivity contribution is 0.443. The second-order valence-corrected chi connectivity index (χ2v) is 5.97. The van der Waals surface area contributed by atoms with Crippen LogP contribution in [0, 0.1) is 5.41 Å². The number of unbranched alkanes of at least 4 members (excludes halogenated alkanes) is 1. The van der Waals surface area contributed by atoms with E-state index in [9.17, 15) is 0 Å². The molecule has 14 heavy (non-hydrogen) atoms. The summed E-state index contributed by atoms with van der Waals surface area (Å²) in [5.74, 6) is 1.18. The molecular formula is C11H26N2S. The van der Waals surface area contributed by atoms with E-state index in [0.717, 1.165) is 13.1 Å². The first kappa shape index (κ1) is 14.3. The van der Waals surface area contributed by atoms with Crippen LogP contribution in [0.4, 0.5) is 0 Å². The Balaban J connectivity index is 3.72. The van der Waals surface area contributed by atoms with E-state index in [0.29, 0.717) is 5.41 Å². The normalized spacial score (nSPS) is 12.4. The summed E-state index contributed by atoms with van der Waals surface area (Å²) >= 11 is 1.95. The van der Waals surface area contributed by atoms with E-state index in [4.69, 9.17) is 5.73 Å². The van der Waals surface area contributed by atoms with E-state index in [1.165, 1.54) is 25.1 Å². The quantitative estimate of drug-likeness (QED) is 0.666. The van der Waals surface area contributed by atoms with Crippen molar-refractivity contribution in [1.82, 2.24) is 4.31 Å². The minimum absolute atomic E-state index is 0.406. The summed E-state index contributed by atoms with van der Waals surface area (Å²) in [5, 5.41) is 0. The van der Waals surface area contributed by atoms with Gasteiger partial charge in [0.05, 0.1) is 0 Å². The van der Waals surface area contributed by atoms with Crippen LogP contribution in [0.15, 0.2) is 0 Å². The molecule has 0 aliphatic carbocycles. The molecule has 0 bridgehead atoms. The highest BCUT2D eigenvalue weighted by Crippen LogP contribution is 2.23. The van der Waals surface area contributed by atoms with Crippen LogP contribution >= 0.6 is 11.9 Å². The zero-order chi connectivity index (χ0) is 11.0. The molecule has 0 aromatic carbocycles. The van der Waals surface area contributed by atoms with E-state index < -0.39 is 0 Å². The van der Waals surface area contributed by atoms with Crippen molar-refractivity contribution in [2.75, 3.05) is 25.4 Å². The maximum Gasteiger partial charge on any atom is 0.0212 e. The van der Waals surface area contributed by atoms with Crippen LogP contribution in [0.25, 0.3) is 0 Å². The van der Waals surface area contributed by atoms with Crippen LogP contribution in [0.5, 0.6) is 0 Å². The van der Waals surface area contributed by atoms with Crippen molar-refractivity contribution >= 4 is 11.9 Å². The molecule has 0 saturated heterocycles. The fraction of sp³-hybridized carbons (Fsp3) is 1.00. The Kier molecular flexibility index (Phi) is 7.69. The predicted molar refractivity (Wildman–Crippen MR) is 67.4 cm³/mol. The Labute approximate surface area is 93.7 Å². The SMILES string of the molecule is CCCCN(CCN)SCC(C)(C)C. The zero-order valence-electron chi connectivity index (χ0n) is 10.2. The first-order valence-electron chi connectivity index (χ1n) is 5.57. The van der Waals surface area contributed by atoms with Crippen LogP contribution < -0.4 is 5.73 Å². The molecule has 2 nitrogen and oxygen atoms in total. The lowest BCUT2D eigenvalue weighted by Gasteiger charge is -2.25. The van der Waals surface area contributed by atoms with Gasteiger partial charge in [-0.1, -0.05) is 46.1 Å². The maximum atomic E-state index is 5.59. The van der Waals surface area contributed by atoms with Gasteiger partial charge < -0.3 is 5.73 Å². The van der Waals surface area contributed by atoms with Gasteiger partial charge in [-0.15, -0.1) is 0 Å². The molecule has 2 N–H and O–H groups in total. The van der Waals surface area contributed by atoms with Gasteiger partial charge in [0, 0.05) is 25.4 Å². The number of hydrogen-bond donors (Lipinski definition) is 1. The van der Waals surface area contributed by atoms with Gasteiger partial charge in [-0.05, 0) is 11.8 Å². The summed E-state index contributed by atoms with van der Waals surface area (Å²) in [7, 11) is 0. The summed E-state index contributed by atoms with van der Waals surface area (Å²) in [6.07, 6.45) is 2.54. The third-order valence-corrected chi connectivity index (χ3v) is 3.55. The van der Waals surface area contributed by atoms with Gasteiger partial charge in [0.2, 0.25) is 0 Å². The Morgan fingerprint density at radius 1 is 1.21 bits per heavy atom. The van der Waals surface area contributed by atoms with Crippen molar-refractivity contribution in [1.29, 1.82) is 0 Å². The number of nitrogens with zero attached hydrogens (tertiary/aromatic N) is 1. The average Bonchev–Trinajstić information content (AvgIpc) is 2.08. The van der Waals surface area contributed by atoms with E-state index in [2.05, 4.69) is 32.0 Å². The summed E-state index contributed by atoms with van der Waals surface area (Å²) < 4.78 is 2.41. The molecule has 0 fully saturated rings. The van der Waals surface area contributed by atoms with Gasteiger partial charge in [-0.2, -0.15) is 0 Å². The van der Waals surface area contributed by atoms with Crippen molar-refractivity contribution in [2.45, 2.75) is 40.5 Å². The van der Waals surface area contributed by atoms with Crippen molar-refractivity contribution in [3.8, 4) is 0 Å². The fourth-order valence-corrected chi connectivity index (χ4v) is 2.07. The minimum Gasteiger partial charge on any atom is -0.329 e. The average molecular weight is 218 g/mol. The lowest BCUT2D eigenvalue weighted by atomic mass is 10.0. The van der Waals surface area contributed by atoms with Gasteiger partial charge in [0.15, 0.2) is 0 Å². The Morgan fingerprint density at radius 3 is 2.29 bits per heavy atom.